The third-order valence-electron chi connectivity index (χ3n) is 6.57. The topological polar surface area (TPSA) is 67.3 Å². The van der Waals surface area contributed by atoms with Gasteiger partial charge in [-0.25, -0.2) is 0 Å². The van der Waals surface area contributed by atoms with Crippen molar-refractivity contribution in [2.75, 3.05) is 0 Å². The van der Waals surface area contributed by atoms with E-state index in [1.807, 2.05) is 77.2 Å². The van der Waals surface area contributed by atoms with E-state index >= 15 is 0 Å². The Bertz CT molecular complexity index is 1560. The van der Waals surface area contributed by atoms with Crippen LogP contribution < -0.4 is 0 Å². The van der Waals surface area contributed by atoms with Crippen LogP contribution in [0.1, 0.15) is 67.6 Å². The minimum atomic E-state index is 0. The molecule has 4 nitrogen and oxygen atoms in total. The van der Waals surface area contributed by atoms with Crippen molar-refractivity contribution >= 4 is 22.3 Å². The Morgan fingerprint density at radius 2 is 1.57 bits per heavy atom. The Labute approximate surface area is 250 Å². The Morgan fingerprint density at radius 1 is 0.900 bits per heavy atom. The summed E-state index contributed by atoms with van der Waals surface area (Å²) in [5, 5.41) is 11.4. The Morgan fingerprint density at radius 3 is 2.23 bits per heavy atom. The number of allylic oxidation sites excluding steroid dienone is 2. The first kappa shape index (κ1) is 31.1. The standard InChI is InChI=1S/C24H16NO.C11H20O2.Ir/c1-14-9-15(2)11-17(10-14)23-20-13-22-21(12-16(20)7-8-25-23)18-5-3-4-6-19(18)24(22)26;1-8(2)5-10(12)7-11(13)6-9(3)4;/h3-10,12-13H,1-2H3;7-9,12H,5-6H2,1-4H3;/q-1;;/b;10-7-;. The van der Waals surface area contributed by atoms with Gasteiger partial charge in [0.25, 0.3) is 0 Å². The van der Waals surface area contributed by atoms with Gasteiger partial charge in [0.15, 0.2) is 11.6 Å². The van der Waals surface area contributed by atoms with Crippen LogP contribution >= 0.6 is 0 Å². The fourth-order valence-corrected chi connectivity index (χ4v) is 5.05. The molecule has 0 atom stereocenters. The molecule has 4 aromatic rings. The Hall–Kier alpha value is -3.40. The number of aliphatic hydroxyl groups excluding tert-OH is 1. The number of nitrogens with zero attached hydrogens (tertiary/aromatic N) is 1. The van der Waals surface area contributed by atoms with Crippen LogP contribution in [-0.2, 0) is 24.9 Å². The first-order chi connectivity index (χ1) is 18.5. The van der Waals surface area contributed by atoms with Gasteiger partial charge in [-0.2, -0.15) is 0 Å². The maximum atomic E-state index is 12.9. The summed E-state index contributed by atoms with van der Waals surface area (Å²) in [7, 11) is 0. The summed E-state index contributed by atoms with van der Waals surface area (Å²) in [5.41, 5.74) is 7.69. The Balaban J connectivity index is 0.000000272. The number of carbonyl (C=O) groups excluding carboxylic acids is 2. The van der Waals surface area contributed by atoms with E-state index in [9.17, 15) is 14.7 Å². The predicted octanol–water partition coefficient (Wildman–Crippen LogP) is 8.62. The maximum Gasteiger partial charge on any atom is 0.194 e. The van der Waals surface area contributed by atoms with Crippen LogP contribution in [0.25, 0.3) is 33.2 Å². The van der Waals surface area contributed by atoms with Crippen molar-refractivity contribution in [1.29, 1.82) is 0 Å². The molecule has 0 saturated heterocycles. The number of aliphatic hydroxyl groups is 1. The molecule has 5 rings (SSSR count). The molecule has 40 heavy (non-hydrogen) atoms. The fraction of sp³-hybridized carbons (Fsp3) is 0.286. The quantitative estimate of drug-likeness (QED) is 0.109. The zero-order chi connectivity index (χ0) is 28.3. The molecule has 1 aliphatic carbocycles. The van der Waals surface area contributed by atoms with Crippen molar-refractivity contribution in [3.05, 3.63) is 101 Å². The molecule has 1 aromatic heterocycles. The van der Waals surface area contributed by atoms with E-state index in [2.05, 4.69) is 36.2 Å². The largest absolute Gasteiger partial charge is 0.512 e. The smallest absolute Gasteiger partial charge is 0.194 e. The zero-order valence-electron chi connectivity index (χ0n) is 24.0. The minimum Gasteiger partial charge on any atom is -0.512 e. The molecule has 1 N–H and O–H groups in total. The van der Waals surface area contributed by atoms with Gasteiger partial charge < -0.3 is 10.1 Å². The van der Waals surface area contributed by atoms with Gasteiger partial charge >= 0.3 is 0 Å². The molecule has 0 amide bonds. The average Bonchev–Trinajstić information content (AvgIpc) is 3.12. The van der Waals surface area contributed by atoms with E-state index in [0.29, 0.717) is 24.7 Å². The number of rotatable bonds is 6. The van der Waals surface area contributed by atoms with Crippen molar-refractivity contribution in [1.82, 2.24) is 4.98 Å². The molecular weight excluding hydrogens is 675 g/mol. The van der Waals surface area contributed by atoms with Gasteiger partial charge in [0.2, 0.25) is 0 Å². The number of aromatic nitrogens is 1. The molecular formula is C35H36IrNO3-. The second-order valence-corrected chi connectivity index (χ2v) is 11.2. The van der Waals surface area contributed by atoms with Crippen molar-refractivity contribution < 1.29 is 34.8 Å². The summed E-state index contributed by atoms with van der Waals surface area (Å²) >= 11 is 0. The van der Waals surface area contributed by atoms with Crippen molar-refractivity contribution in [3.63, 3.8) is 0 Å². The predicted molar refractivity (Wildman–Crippen MR) is 159 cm³/mol. The summed E-state index contributed by atoms with van der Waals surface area (Å²) < 4.78 is 0. The average molecular weight is 711 g/mol. The zero-order valence-corrected chi connectivity index (χ0v) is 26.4. The van der Waals surface area contributed by atoms with Crippen LogP contribution in [0.3, 0.4) is 0 Å². The van der Waals surface area contributed by atoms with E-state index < -0.39 is 0 Å². The number of benzene rings is 3. The van der Waals surface area contributed by atoms with Gasteiger partial charge in [-0.1, -0.05) is 65.8 Å². The van der Waals surface area contributed by atoms with Crippen LogP contribution in [0.4, 0.5) is 0 Å². The second kappa shape index (κ2) is 13.3. The van der Waals surface area contributed by atoms with E-state index in [4.69, 9.17) is 0 Å². The summed E-state index contributed by atoms with van der Waals surface area (Å²) in [6.07, 6.45) is 4.30. The number of fused-ring (bicyclic) bond motifs is 4. The molecule has 3 aromatic carbocycles. The number of ketones is 2. The maximum absolute atomic E-state index is 12.9. The van der Waals surface area contributed by atoms with Crippen LogP contribution in [-0.4, -0.2) is 21.7 Å². The van der Waals surface area contributed by atoms with Gasteiger partial charge in [0.1, 0.15) is 0 Å². The van der Waals surface area contributed by atoms with Gasteiger partial charge in [0, 0.05) is 56.3 Å². The molecule has 1 radical (unpaired) electrons. The SMILES string of the molecule is CC(C)CC(=O)/C=C(\O)CC(C)C.Cc1[c-]c(-c2nccc3cc4c(cc23)C(=O)c2ccccc2-4)cc(C)c1.[Ir]. The van der Waals surface area contributed by atoms with Crippen molar-refractivity contribution in [2.45, 2.75) is 54.4 Å². The number of hydrogen-bond acceptors (Lipinski definition) is 4. The monoisotopic (exact) mass is 711 g/mol. The molecule has 209 valence electrons. The van der Waals surface area contributed by atoms with Gasteiger partial charge in [-0.05, 0) is 57.6 Å². The van der Waals surface area contributed by atoms with E-state index in [1.165, 1.54) is 11.6 Å². The molecule has 0 aliphatic heterocycles. The normalized spacial score (nSPS) is 12.1. The molecule has 0 fully saturated rings. The molecule has 0 spiro atoms. The molecule has 1 heterocycles. The van der Waals surface area contributed by atoms with Gasteiger partial charge in [-0.3, -0.25) is 9.59 Å². The number of hydrogen-bond donors (Lipinski definition) is 1. The number of aryl methyl sites for hydroxylation is 2. The third kappa shape index (κ3) is 7.21. The van der Waals surface area contributed by atoms with E-state index in [1.54, 1.807) is 0 Å². The first-order valence-electron chi connectivity index (χ1n) is 13.5. The number of carbonyl (C=O) groups is 2. The summed E-state index contributed by atoms with van der Waals surface area (Å²) in [5.74, 6) is 1.07. The van der Waals surface area contributed by atoms with Crippen molar-refractivity contribution in [3.8, 4) is 22.4 Å². The van der Waals surface area contributed by atoms with Gasteiger partial charge in [0.05, 0.1) is 5.76 Å². The molecule has 0 bridgehead atoms. The third-order valence-corrected chi connectivity index (χ3v) is 6.57. The minimum absolute atomic E-state index is 0. The molecule has 1 aliphatic rings. The van der Waals surface area contributed by atoms with Crippen LogP contribution in [0.15, 0.2) is 72.6 Å². The molecule has 0 unspecified atom stereocenters. The van der Waals surface area contributed by atoms with E-state index in [0.717, 1.165) is 49.8 Å². The fourth-order valence-electron chi connectivity index (χ4n) is 5.05. The Kier molecular flexibility index (Phi) is 10.4. The number of pyridine rings is 1. The van der Waals surface area contributed by atoms with Crippen LogP contribution in [0, 0.1) is 31.7 Å². The van der Waals surface area contributed by atoms with Gasteiger partial charge in [-0.15, -0.1) is 34.9 Å². The molecule has 0 saturated carbocycles. The summed E-state index contributed by atoms with van der Waals surface area (Å²) in [6, 6.07) is 21.5. The summed E-state index contributed by atoms with van der Waals surface area (Å²) in [4.78, 5) is 28.7. The molecule has 5 heteroatoms. The van der Waals surface area contributed by atoms with Crippen molar-refractivity contribution in [2.24, 2.45) is 11.8 Å². The first-order valence-corrected chi connectivity index (χ1v) is 13.5. The van der Waals surface area contributed by atoms with Crippen LogP contribution in [0.2, 0.25) is 0 Å². The summed E-state index contributed by atoms with van der Waals surface area (Å²) in [6.45, 7) is 12.1. The van der Waals surface area contributed by atoms with Crippen LogP contribution in [0.5, 0.6) is 0 Å². The van der Waals surface area contributed by atoms with E-state index in [-0.39, 0.29) is 37.4 Å². The second-order valence-electron chi connectivity index (χ2n) is 11.2.